The number of benzene rings is 1. The molecule has 1 heterocycles. The van der Waals surface area contributed by atoms with Crippen LogP contribution in [0.4, 0.5) is 11.5 Å². The highest BCUT2D eigenvalue weighted by molar-refractivity contribution is 9.11. The third-order valence-electron chi connectivity index (χ3n) is 2.55. The molecule has 0 spiro atoms. The molecule has 1 aromatic heterocycles. The summed E-state index contributed by atoms with van der Waals surface area (Å²) in [7, 11) is 0. The second-order valence-corrected chi connectivity index (χ2v) is 5.37. The first kappa shape index (κ1) is 14.0. The number of hydrogen-bond donors (Lipinski definition) is 2. The molecule has 1 amide bonds. The summed E-state index contributed by atoms with van der Waals surface area (Å²) in [6.45, 7) is 1.80. The minimum Gasteiger partial charge on any atom is -0.398 e. The van der Waals surface area contributed by atoms with Crippen molar-refractivity contribution in [3.63, 3.8) is 0 Å². The van der Waals surface area contributed by atoms with Crippen molar-refractivity contribution >= 4 is 49.3 Å². The molecule has 0 saturated heterocycles. The van der Waals surface area contributed by atoms with Crippen molar-refractivity contribution in [3.8, 4) is 0 Å². The Kier molecular flexibility index (Phi) is 4.16. The average molecular weight is 386 g/mol. The maximum atomic E-state index is 12.2. The second kappa shape index (κ2) is 5.66. The van der Waals surface area contributed by atoms with Gasteiger partial charge in [0, 0.05) is 11.3 Å². The zero-order valence-electron chi connectivity index (χ0n) is 9.95. The van der Waals surface area contributed by atoms with Gasteiger partial charge < -0.3 is 11.1 Å². The molecule has 2 aromatic rings. The fourth-order valence-corrected chi connectivity index (χ4v) is 2.42. The molecule has 19 heavy (non-hydrogen) atoms. The second-order valence-electron chi connectivity index (χ2n) is 3.81. The predicted molar refractivity (Wildman–Crippen MR) is 81.0 cm³/mol. The number of hydrogen-bond acceptors (Lipinski definition) is 4. The van der Waals surface area contributed by atoms with Crippen molar-refractivity contribution in [3.05, 3.63) is 44.7 Å². The minimum absolute atomic E-state index is 0.276. The lowest BCUT2D eigenvalue weighted by Gasteiger charge is -2.09. The summed E-state index contributed by atoms with van der Waals surface area (Å²) in [5.41, 5.74) is 7.60. The van der Waals surface area contributed by atoms with E-state index >= 15 is 0 Å². The van der Waals surface area contributed by atoms with Gasteiger partial charge in [-0.2, -0.15) is 0 Å². The molecule has 0 fully saturated rings. The van der Waals surface area contributed by atoms with Gasteiger partial charge in [0.1, 0.15) is 9.21 Å². The lowest BCUT2D eigenvalue weighted by atomic mass is 10.1. The van der Waals surface area contributed by atoms with Gasteiger partial charge in [0.15, 0.2) is 5.82 Å². The smallest absolute Gasteiger partial charge is 0.257 e. The van der Waals surface area contributed by atoms with Crippen molar-refractivity contribution in [2.45, 2.75) is 6.92 Å². The highest BCUT2D eigenvalue weighted by Crippen LogP contribution is 2.21. The molecule has 2 rings (SSSR count). The summed E-state index contributed by atoms with van der Waals surface area (Å²) in [5.74, 6) is 0.0807. The Bertz CT molecular complexity index is 646. The van der Waals surface area contributed by atoms with Gasteiger partial charge in [-0.25, -0.2) is 9.97 Å². The van der Waals surface area contributed by atoms with E-state index in [4.69, 9.17) is 5.73 Å². The van der Waals surface area contributed by atoms with Gasteiger partial charge in [-0.1, -0.05) is 6.07 Å². The highest BCUT2D eigenvalue weighted by Gasteiger charge is 2.13. The van der Waals surface area contributed by atoms with Crippen molar-refractivity contribution in [2.24, 2.45) is 0 Å². The largest absolute Gasteiger partial charge is 0.398 e. The summed E-state index contributed by atoms with van der Waals surface area (Å²) in [5, 5.41) is 2.69. The van der Waals surface area contributed by atoms with Crippen LogP contribution < -0.4 is 11.1 Å². The zero-order valence-corrected chi connectivity index (χ0v) is 13.1. The van der Waals surface area contributed by atoms with Crippen LogP contribution in [0.5, 0.6) is 0 Å². The topological polar surface area (TPSA) is 80.9 Å². The summed E-state index contributed by atoms with van der Waals surface area (Å²) in [4.78, 5) is 20.3. The number of carbonyl (C=O) groups excluding carboxylic acids is 1. The fourth-order valence-electron chi connectivity index (χ4n) is 1.50. The van der Waals surface area contributed by atoms with Crippen LogP contribution in [0.3, 0.4) is 0 Å². The number of nitrogens with one attached hydrogen (secondary N) is 1. The third kappa shape index (κ3) is 3.10. The van der Waals surface area contributed by atoms with Crippen molar-refractivity contribution in [1.82, 2.24) is 9.97 Å². The number of nitrogens with two attached hydrogens (primary N) is 1. The number of rotatable bonds is 2. The monoisotopic (exact) mass is 384 g/mol. The van der Waals surface area contributed by atoms with Crippen LogP contribution in [-0.2, 0) is 0 Å². The first-order valence-electron chi connectivity index (χ1n) is 5.33. The van der Waals surface area contributed by atoms with Gasteiger partial charge in [0.05, 0.1) is 6.20 Å². The van der Waals surface area contributed by atoms with E-state index in [2.05, 4.69) is 47.1 Å². The van der Waals surface area contributed by atoms with E-state index in [1.54, 1.807) is 25.1 Å². The normalized spacial score (nSPS) is 10.3. The molecular formula is C12H10Br2N4O. The quantitative estimate of drug-likeness (QED) is 0.778. The molecule has 0 radical (unpaired) electrons. The van der Waals surface area contributed by atoms with Crippen LogP contribution in [-0.4, -0.2) is 15.9 Å². The number of aromatic nitrogens is 2. The van der Waals surface area contributed by atoms with Gasteiger partial charge in [-0.3, -0.25) is 4.79 Å². The Morgan fingerprint density at radius 3 is 2.79 bits per heavy atom. The third-order valence-corrected chi connectivity index (χ3v) is 3.49. The van der Waals surface area contributed by atoms with E-state index in [0.29, 0.717) is 26.3 Å². The average Bonchev–Trinajstić information content (AvgIpc) is 2.36. The fraction of sp³-hybridized carbons (Fsp3) is 0.0833. The van der Waals surface area contributed by atoms with Gasteiger partial charge in [0.2, 0.25) is 0 Å². The Labute approximate surface area is 126 Å². The molecule has 1 aromatic carbocycles. The van der Waals surface area contributed by atoms with Gasteiger partial charge in [0.25, 0.3) is 5.91 Å². The summed E-state index contributed by atoms with van der Waals surface area (Å²) in [6.07, 6.45) is 1.51. The molecule has 98 valence electrons. The van der Waals surface area contributed by atoms with Crippen molar-refractivity contribution < 1.29 is 4.79 Å². The van der Waals surface area contributed by atoms with Gasteiger partial charge in [-0.05, 0) is 56.5 Å². The number of nitrogens with zero attached hydrogens (tertiary/aromatic N) is 2. The molecule has 3 N–H and O–H groups in total. The van der Waals surface area contributed by atoms with E-state index in [9.17, 15) is 4.79 Å². The summed E-state index contributed by atoms with van der Waals surface area (Å²) in [6, 6.07) is 5.20. The number of halogens is 2. The molecular weight excluding hydrogens is 376 g/mol. The van der Waals surface area contributed by atoms with E-state index in [0.717, 1.165) is 5.56 Å². The van der Waals surface area contributed by atoms with E-state index < -0.39 is 0 Å². The number of amides is 1. The predicted octanol–water partition coefficient (Wildman–Crippen LogP) is 3.14. The van der Waals surface area contributed by atoms with Crippen LogP contribution >= 0.6 is 31.9 Å². The number of anilines is 2. The maximum Gasteiger partial charge on any atom is 0.257 e. The summed E-state index contributed by atoms with van der Waals surface area (Å²) >= 11 is 6.43. The van der Waals surface area contributed by atoms with Gasteiger partial charge in [-0.15, -0.1) is 0 Å². The number of nitrogen functional groups attached to an aromatic ring is 1. The summed E-state index contributed by atoms with van der Waals surface area (Å²) < 4.78 is 1.04. The van der Waals surface area contributed by atoms with E-state index in [-0.39, 0.29) is 5.91 Å². The Balaban J connectivity index is 2.28. The minimum atomic E-state index is -0.276. The van der Waals surface area contributed by atoms with Crippen LogP contribution in [0.25, 0.3) is 0 Å². The molecule has 0 aliphatic heterocycles. The molecule has 7 heteroatoms. The van der Waals surface area contributed by atoms with Crippen LogP contribution in [0, 0.1) is 6.92 Å². The van der Waals surface area contributed by atoms with Crippen LogP contribution in [0.2, 0.25) is 0 Å². The van der Waals surface area contributed by atoms with Crippen molar-refractivity contribution in [1.29, 1.82) is 0 Å². The van der Waals surface area contributed by atoms with Crippen molar-refractivity contribution in [2.75, 3.05) is 11.1 Å². The van der Waals surface area contributed by atoms with E-state index in [1.165, 1.54) is 6.20 Å². The molecule has 5 nitrogen and oxygen atoms in total. The first-order chi connectivity index (χ1) is 8.99. The van der Waals surface area contributed by atoms with Gasteiger partial charge >= 0.3 is 0 Å². The molecule has 0 bridgehead atoms. The standard InChI is InChI=1S/C12H10Br2N4O/c1-6-7(3-2-4-8(6)15)12(19)18-11-10(14)17-9(13)5-16-11/h2-5H,15H2,1H3,(H,16,18,19). The Hall–Kier alpha value is -1.47. The molecule has 0 aliphatic rings. The molecule has 0 saturated carbocycles. The zero-order chi connectivity index (χ0) is 14.0. The lowest BCUT2D eigenvalue weighted by molar-refractivity contribution is 0.102. The molecule has 0 aliphatic carbocycles. The lowest BCUT2D eigenvalue weighted by Crippen LogP contribution is -2.15. The van der Waals surface area contributed by atoms with E-state index in [1.807, 2.05) is 0 Å². The van der Waals surface area contributed by atoms with Crippen LogP contribution in [0.1, 0.15) is 15.9 Å². The Morgan fingerprint density at radius 2 is 2.11 bits per heavy atom. The molecule has 0 unspecified atom stereocenters. The maximum absolute atomic E-state index is 12.2. The van der Waals surface area contributed by atoms with Crippen LogP contribution in [0.15, 0.2) is 33.6 Å². The highest BCUT2D eigenvalue weighted by atomic mass is 79.9. The molecule has 0 atom stereocenters. The number of carbonyl (C=O) groups is 1. The Morgan fingerprint density at radius 1 is 1.37 bits per heavy atom. The SMILES string of the molecule is Cc1c(N)cccc1C(=O)Nc1ncc(Br)nc1Br. The first-order valence-corrected chi connectivity index (χ1v) is 6.92.